The smallest absolute Gasteiger partial charge is 0.262 e. The molecule has 2 rings (SSSR count). The van der Waals surface area contributed by atoms with Crippen molar-refractivity contribution < 1.29 is 14.3 Å². The Bertz CT molecular complexity index is 685. The number of hydrogen-bond acceptors (Lipinski definition) is 3. The summed E-state index contributed by atoms with van der Waals surface area (Å²) in [5.74, 6) is 0.134. The standard InChI is InChI=1S/C19H21NO3/c1-19(2,3)15-8-10-16(11-9-15)20-18(22)13-23-17-7-5-4-6-14(17)12-21/h4-12H,13H2,1-3H3,(H,20,22). The van der Waals surface area contributed by atoms with Gasteiger partial charge in [-0.3, -0.25) is 9.59 Å². The van der Waals surface area contributed by atoms with Crippen LogP contribution in [0.15, 0.2) is 48.5 Å². The fourth-order valence-electron chi connectivity index (χ4n) is 2.10. The molecule has 2 aromatic rings. The van der Waals surface area contributed by atoms with E-state index in [-0.39, 0.29) is 17.9 Å². The molecule has 0 aromatic heterocycles. The third-order valence-corrected chi connectivity index (χ3v) is 3.44. The van der Waals surface area contributed by atoms with E-state index in [0.29, 0.717) is 17.6 Å². The highest BCUT2D eigenvalue weighted by atomic mass is 16.5. The van der Waals surface area contributed by atoms with E-state index in [1.54, 1.807) is 24.3 Å². The maximum Gasteiger partial charge on any atom is 0.262 e. The molecular weight excluding hydrogens is 290 g/mol. The molecule has 0 radical (unpaired) electrons. The topological polar surface area (TPSA) is 55.4 Å². The number of nitrogens with one attached hydrogen (secondary N) is 1. The van der Waals surface area contributed by atoms with Crippen LogP contribution in [-0.4, -0.2) is 18.8 Å². The molecule has 0 saturated carbocycles. The van der Waals surface area contributed by atoms with Gasteiger partial charge in [-0.05, 0) is 35.2 Å². The first-order chi connectivity index (χ1) is 10.9. The van der Waals surface area contributed by atoms with Crippen molar-refractivity contribution in [3.63, 3.8) is 0 Å². The SMILES string of the molecule is CC(C)(C)c1ccc(NC(=O)COc2ccccc2C=O)cc1. The van der Waals surface area contributed by atoms with Crippen LogP contribution in [0.4, 0.5) is 5.69 Å². The molecule has 1 N–H and O–H groups in total. The van der Waals surface area contributed by atoms with E-state index in [4.69, 9.17) is 4.74 Å². The summed E-state index contributed by atoms with van der Waals surface area (Å²) in [7, 11) is 0. The Morgan fingerprint density at radius 1 is 1.09 bits per heavy atom. The molecule has 1 amide bonds. The van der Waals surface area contributed by atoms with Crippen molar-refractivity contribution in [1.29, 1.82) is 0 Å². The highest BCUT2D eigenvalue weighted by Crippen LogP contribution is 2.23. The molecule has 0 fully saturated rings. The molecule has 23 heavy (non-hydrogen) atoms. The van der Waals surface area contributed by atoms with E-state index >= 15 is 0 Å². The van der Waals surface area contributed by atoms with Gasteiger partial charge in [-0.15, -0.1) is 0 Å². The van der Waals surface area contributed by atoms with E-state index in [2.05, 4.69) is 26.1 Å². The minimum absolute atomic E-state index is 0.0736. The Morgan fingerprint density at radius 3 is 2.35 bits per heavy atom. The lowest BCUT2D eigenvalue weighted by Gasteiger charge is -2.19. The lowest BCUT2D eigenvalue weighted by Crippen LogP contribution is -2.20. The van der Waals surface area contributed by atoms with E-state index in [1.807, 2.05) is 24.3 Å². The molecule has 4 nitrogen and oxygen atoms in total. The van der Waals surface area contributed by atoms with E-state index < -0.39 is 0 Å². The maximum absolute atomic E-state index is 11.9. The van der Waals surface area contributed by atoms with Gasteiger partial charge >= 0.3 is 0 Å². The van der Waals surface area contributed by atoms with Gasteiger partial charge in [0.15, 0.2) is 12.9 Å². The summed E-state index contributed by atoms with van der Waals surface area (Å²) >= 11 is 0. The van der Waals surface area contributed by atoms with Crippen LogP contribution in [0.25, 0.3) is 0 Å². The number of benzene rings is 2. The normalized spacial score (nSPS) is 10.9. The van der Waals surface area contributed by atoms with Gasteiger partial charge in [0, 0.05) is 5.69 Å². The summed E-state index contributed by atoms with van der Waals surface area (Å²) in [5, 5.41) is 2.78. The van der Waals surface area contributed by atoms with E-state index in [1.165, 1.54) is 5.56 Å². The number of anilines is 1. The monoisotopic (exact) mass is 311 g/mol. The van der Waals surface area contributed by atoms with Crippen molar-refractivity contribution in [2.45, 2.75) is 26.2 Å². The quantitative estimate of drug-likeness (QED) is 0.854. The van der Waals surface area contributed by atoms with Crippen molar-refractivity contribution in [2.24, 2.45) is 0 Å². The lowest BCUT2D eigenvalue weighted by molar-refractivity contribution is -0.118. The molecule has 0 atom stereocenters. The zero-order chi connectivity index (χ0) is 16.9. The first-order valence-electron chi connectivity index (χ1n) is 7.47. The fraction of sp³-hybridized carbons (Fsp3) is 0.263. The zero-order valence-electron chi connectivity index (χ0n) is 13.6. The third kappa shape index (κ3) is 4.68. The third-order valence-electron chi connectivity index (χ3n) is 3.44. The summed E-state index contributed by atoms with van der Waals surface area (Å²) in [6.45, 7) is 6.27. The largest absolute Gasteiger partial charge is 0.483 e. The minimum atomic E-state index is -0.269. The van der Waals surface area contributed by atoms with Crippen LogP contribution in [0.1, 0.15) is 36.7 Å². The van der Waals surface area contributed by atoms with Crippen LogP contribution in [-0.2, 0) is 10.2 Å². The number of amides is 1. The highest BCUT2D eigenvalue weighted by Gasteiger charge is 2.13. The molecule has 4 heteroatoms. The van der Waals surface area contributed by atoms with Crippen molar-refractivity contribution in [3.8, 4) is 5.75 Å². The summed E-state index contributed by atoms with van der Waals surface area (Å²) in [6, 6.07) is 14.5. The number of ether oxygens (including phenoxy) is 1. The number of hydrogen-bond donors (Lipinski definition) is 1. The van der Waals surface area contributed by atoms with Crippen LogP contribution >= 0.6 is 0 Å². The summed E-state index contributed by atoms with van der Waals surface area (Å²) < 4.78 is 5.40. The zero-order valence-corrected chi connectivity index (χ0v) is 13.6. The van der Waals surface area contributed by atoms with Gasteiger partial charge in [-0.2, -0.15) is 0 Å². The first-order valence-corrected chi connectivity index (χ1v) is 7.47. The summed E-state index contributed by atoms with van der Waals surface area (Å²) in [5.41, 5.74) is 2.42. The molecule has 0 bridgehead atoms. The van der Waals surface area contributed by atoms with Gasteiger partial charge in [-0.25, -0.2) is 0 Å². The Balaban J connectivity index is 1.93. The second-order valence-corrected chi connectivity index (χ2v) is 6.32. The molecule has 0 aliphatic carbocycles. The Kier molecular flexibility index (Phi) is 5.16. The van der Waals surface area contributed by atoms with Crippen LogP contribution in [0.2, 0.25) is 0 Å². The second kappa shape index (κ2) is 7.09. The summed E-state index contributed by atoms with van der Waals surface area (Å²) in [4.78, 5) is 22.8. The Morgan fingerprint density at radius 2 is 1.74 bits per heavy atom. The van der Waals surface area contributed by atoms with E-state index in [9.17, 15) is 9.59 Å². The average Bonchev–Trinajstić information content (AvgIpc) is 2.53. The number of aldehydes is 1. The second-order valence-electron chi connectivity index (χ2n) is 6.32. The molecule has 0 aliphatic rings. The highest BCUT2D eigenvalue weighted by molar-refractivity contribution is 5.92. The van der Waals surface area contributed by atoms with Crippen molar-refractivity contribution >= 4 is 17.9 Å². The number of para-hydroxylation sites is 1. The average molecular weight is 311 g/mol. The van der Waals surface area contributed by atoms with Crippen molar-refractivity contribution in [2.75, 3.05) is 11.9 Å². The van der Waals surface area contributed by atoms with Crippen LogP contribution < -0.4 is 10.1 Å². The predicted octanol–water partition coefficient (Wildman–Crippen LogP) is 3.81. The van der Waals surface area contributed by atoms with E-state index in [0.717, 1.165) is 5.69 Å². The Hall–Kier alpha value is -2.62. The lowest BCUT2D eigenvalue weighted by atomic mass is 9.87. The van der Waals surface area contributed by atoms with Crippen LogP contribution in [0, 0.1) is 0 Å². The maximum atomic E-state index is 11.9. The minimum Gasteiger partial charge on any atom is -0.483 e. The van der Waals surface area contributed by atoms with Gasteiger partial charge in [0.2, 0.25) is 0 Å². The van der Waals surface area contributed by atoms with Gasteiger partial charge in [0.1, 0.15) is 5.75 Å². The first kappa shape index (κ1) is 16.7. The van der Waals surface area contributed by atoms with Crippen LogP contribution in [0.3, 0.4) is 0 Å². The molecular formula is C19H21NO3. The van der Waals surface area contributed by atoms with Gasteiger partial charge in [0.05, 0.1) is 5.56 Å². The molecule has 0 spiro atoms. The van der Waals surface area contributed by atoms with Gasteiger partial charge < -0.3 is 10.1 Å². The van der Waals surface area contributed by atoms with Crippen LogP contribution in [0.5, 0.6) is 5.75 Å². The molecule has 2 aromatic carbocycles. The fourth-order valence-corrected chi connectivity index (χ4v) is 2.10. The molecule has 0 aliphatic heterocycles. The Labute approximate surface area is 136 Å². The van der Waals surface area contributed by atoms with Gasteiger partial charge in [0.25, 0.3) is 5.91 Å². The summed E-state index contributed by atoms with van der Waals surface area (Å²) in [6.07, 6.45) is 0.707. The van der Waals surface area contributed by atoms with Crippen molar-refractivity contribution in [1.82, 2.24) is 0 Å². The molecule has 0 unspecified atom stereocenters. The molecule has 120 valence electrons. The number of carbonyl (C=O) groups excluding carboxylic acids is 2. The molecule has 0 saturated heterocycles. The van der Waals surface area contributed by atoms with Crippen molar-refractivity contribution in [3.05, 3.63) is 59.7 Å². The van der Waals surface area contributed by atoms with Gasteiger partial charge in [-0.1, -0.05) is 45.0 Å². The number of rotatable bonds is 5. The molecule has 0 heterocycles. The number of carbonyl (C=O) groups is 2. The predicted molar refractivity (Wildman–Crippen MR) is 91.1 cm³/mol.